The highest BCUT2D eigenvalue weighted by molar-refractivity contribution is 6.30. The molecule has 1 amide bonds. The van der Waals surface area contributed by atoms with E-state index in [1.165, 1.54) is 0 Å². The van der Waals surface area contributed by atoms with Crippen LogP contribution in [-0.4, -0.2) is 17.9 Å². The average Bonchev–Trinajstić information content (AvgIpc) is 2.59. The van der Waals surface area contributed by atoms with Crippen molar-refractivity contribution >= 4 is 34.1 Å². The smallest absolute Gasteiger partial charge is 0.253 e. The molecule has 0 fully saturated rings. The van der Waals surface area contributed by atoms with E-state index in [9.17, 15) is 4.79 Å². The quantitative estimate of drug-likeness (QED) is 0.716. The minimum Gasteiger partial charge on any atom is -0.380 e. The number of nitrogens with zero attached hydrogens (tertiary/aromatic N) is 1. The maximum Gasteiger partial charge on any atom is 0.253 e. The summed E-state index contributed by atoms with van der Waals surface area (Å²) in [6.45, 7) is 0.491. The molecule has 0 aliphatic carbocycles. The van der Waals surface area contributed by atoms with E-state index in [0.717, 1.165) is 22.2 Å². The van der Waals surface area contributed by atoms with Gasteiger partial charge in [0.05, 0.1) is 11.1 Å². The number of amides is 1. The van der Waals surface area contributed by atoms with E-state index in [0.29, 0.717) is 17.3 Å². The fourth-order valence-electron chi connectivity index (χ4n) is 2.42. The van der Waals surface area contributed by atoms with Crippen LogP contribution in [0.25, 0.3) is 10.9 Å². The van der Waals surface area contributed by atoms with Crippen molar-refractivity contribution < 1.29 is 4.79 Å². The third kappa shape index (κ3) is 3.27. The maximum atomic E-state index is 11.9. The number of carbonyl (C=O) groups is 1. The van der Waals surface area contributed by atoms with E-state index >= 15 is 0 Å². The summed E-state index contributed by atoms with van der Waals surface area (Å²) >= 11 is 6.27. The van der Waals surface area contributed by atoms with Gasteiger partial charge in [0.25, 0.3) is 5.91 Å². The van der Waals surface area contributed by atoms with Crippen LogP contribution in [0.4, 0.5) is 5.69 Å². The molecule has 1 aromatic heterocycles. The third-order valence-electron chi connectivity index (χ3n) is 3.62. The highest BCUT2D eigenvalue weighted by atomic mass is 35.5. The fourth-order valence-corrected chi connectivity index (χ4v) is 2.63. The lowest BCUT2D eigenvalue weighted by atomic mass is 10.1. The van der Waals surface area contributed by atoms with Crippen molar-refractivity contribution in [2.24, 2.45) is 0 Å². The fraction of sp³-hybridized carbons (Fsp3) is 0.111. The summed E-state index contributed by atoms with van der Waals surface area (Å²) in [7, 11) is 1.61. The van der Waals surface area contributed by atoms with Gasteiger partial charge in [-0.3, -0.25) is 4.79 Å². The van der Waals surface area contributed by atoms with Gasteiger partial charge in [-0.15, -0.1) is 0 Å². The van der Waals surface area contributed by atoms with E-state index < -0.39 is 0 Å². The highest BCUT2D eigenvalue weighted by Gasteiger charge is 2.10. The van der Waals surface area contributed by atoms with Crippen molar-refractivity contribution in [3.05, 3.63) is 70.9 Å². The molecule has 0 aliphatic rings. The number of fused-ring (bicyclic) bond motifs is 1. The molecule has 2 aromatic carbocycles. The molecule has 3 rings (SSSR count). The molecule has 0 spiro atoms. The second-order valence-corrected chi connectivity index (χ2v) is 5.47. The van der Waals surface area contributed by atoms with Crippen molar-refractivity contribution in [2.45, 2.75) is 6.54 Å². The Bertz CT molecular complexity index is 864. The molecule has 1 heterocycles. The topological polar surface area (TPSA) is 54.0 Å². The van der Waals surface area contributed by atoms with Gasteiger partial charge in [-0.05, 0) is 24.3 Å². The number of aromatic nitrogens is 1. The Balaban J connectivity index is 1.87. The predicted octanol–water partition coefficient (Wildman–Crippen LogP) is 3.86. The summed E-state index contributed by atoms with van der Waals surface area (Å²) in [5.41, 5.74) is 3.11. The molecular weight excluding hydrogens is 310 g/mol. The van der Waals surface area contributed by atoms with Gasteiger partial charge in [-0.25, -0.2) is 4.98 Å². The normalized spacial score (nSPS) is 10.5. The minimum absolute atomic E-state index is 0.129. The summed E-state index contributed by atoms with van der Waals surface area (Å²) in [5.74, 6) is -0.129. The molecule has 0 saturated carbocycles. The molecule has 0 bridgehead atoms. The number of carbonyl (C=O) groups excluding carboxylic acids is 1. The van der Waals surface area contributed by atoms with Gasteiger partial charge >= 0.3 is 0 Å². The number of hydrogen-bond donors (Lipinski definition) is 2. The Morgan fingerprint density at radius 2 is 1.87 bits per heavy atom. The van der Waals surface area contributed by atoms with Gasteiger partial charge in [0.15, 0.2) is 0 Å². The third-order valence-corrected chi connectivity index (χ3v) is 3.95. The van der Waals surface area contributed by atoms with E-state index in [1.807, 2.05) is 48.5 Å². The van der Waals surface area contributed by atoms with Gasteiger partial charge in [0.2, 0.25) is 0 Å². The summed E-state index contributed by atoms with van der Waals surface area (Å²) in [6, 6.07) is 17.2. The van der Waals surface area contributed by atoms with Crippen LogP contribution in [0.1, 0.15) is 15.9 Å². The van der Waals surface area contributed by atoms with Crippen LogP contribution >= 0.6 is 11.6 Å². The first-order valence-electron chi connectivity index (χ1n) is 7.28. The van der Waals surface area contributed by atoms with Gasteiger partial charge in [-0.2, -0.15) is 0 Å². The van der Waals surface area contributed by atoms with Crippen molar-refractivity contribution in [1.29, 1.82) is 0 Å². The molecular formula is C18H16ClN3O. The van der Waals surface area contributed by atoms with Crippen LogP contribution in [0.2, 0.25) is 5.15 Å². The lowest BCUT2D eigenvalue weighted by molar-refractivity contribution is 0.0964. The number of pyridine rings is 1. The number of para-hydroxylation sites is 2. The molecule has 3 aromatic rings. The first-order valence-corrected chi connectivity index (χ1v) is 7.66. The van der Waals surface area contributed by atoms with Crippen molar-refractivity contribution in [1.82, 2.24) is 10.3 Å². The molecule has 0 aliphatic heterocycles. The van der Waals surface area contributed by atoms with Crippen LogP contribution < -0.4 is 10.6 Å². The van der Waals surface area contributed by atoms with Crippen LogP contribution in [0.15, 0.2) is 54.6 Å². The SMILES string of the molecule is CNC(=O)c1ccccc1NCc1cc2ccccc2nc1Cl. The number of anilines is 1. The van der Waals surface area contributed by atoms with E-state index in [2.05, 4.69) is 15.6 Å². The lowest BCUT2D eigenvalue weighted by Crippen LogP contribution is -2.19. The molecule has 0 radical (unpaired) electrons. The first kappa shape index (κ1) is 15.3. The summed E-state index contributed by atoms with van der Waals surface area (Å²) < 4.78 is 0. The van der Waals surface area contributed by atoms with Crippen LogP contribution in [0.5, 0.6) is 0 Å². The summed E-state index contributed by atoms with van der Waals surface area (Å²) in [6.07, 6.45) is 0. The minimum atomic E-state index is -0.129. The zero-order valence-electron chi connectivity index (χ0n) is 12.6. The Kier molecular flexibility index (Phi) is 4.44. The molecule has 0 atom stereocenters. The Morgan fingerprint density at radius 3 is 2.70 bits per heavy atom. The van der Waals surface area contributed by atoms with E-state index in [1.54, 1.807) is 13.1 Å². The van der Waals surface area contributed by atoms with E-state index in [-0.39, 0.29) is 5.91 Å². The van der Waals surface area contributed by atoms with Crippen molar-refractivity contribution in [3.63, 3.8) is 0 Å². The molecule has 23 heavy (non-hydrogen) atoms. The van der Waals surface area contributed by atoms with E-state index in [4.69, 9.17) is 11.6 Å². The van der Waals surface area contributed by atoms with Crippen molar-refractivity contribution in [3.8, 4) is 0 Å². The lowest BCUT2D eigenvalue weighted by Gasteiger charge is -2.12. The van der Waals surface area contributed by atoms with Crippen LogP contribution in [-0.2, 0) is 6.54 Å². The monoisotopic (exact) mass is 325 g/mol. The first-order chi connectivity index (χ1) is 11.2. The highest BCUT2D eigenvalue weighted by Crippen LogP contribution is 2.22. The van der Waals surface area contributed by atoms with Crippen LogP contribution in [0, 0.1) is 0 Å². The Morgan fingerprint density at radius 1 is 1.13 bits per heavy atom. The molecule has 116 valence electrons. The second kappa shape index (κ2) is 6.67. The summed E-state index contributed by atoms with van der Waals surface area (Å²) in [5, 5.41) is 7.40. The van der Waals surface area contributed by atoms with Crippen molar-refractivity contribution in [2.75, 3.05) is 12.4 Å². The molecule has 2 N–H and O–H groups in total. The Hall–Kier alpha value is -2.59. The molecule has 0 saturated heterocycles. The largest absolute Gasteiger partial charge is 0.380 e. The zero-order chi connectivity index (χ0) is 16.2. The molecule has 0 unspecified atom stereocenters. The number of rotatable bonds is 4. The standard InChI is InChI=1S/C18H16ClN3O/c1-20-18(23)14-7-3-5-9-16(14)21-11-13-10-12-6-2-4-8-15(12)22-17(13)19/h2-10,21H,11H2,1H3,(H,20,23). The second-order valence-electron chi connectivity index (χ2n) is 5.11. The number of hydrogen-bond acceptors (Lipinski definition) is 3. The zero-order valence-corrected chi connectivity index (χ0v) is 13.4. The number of halogens is 1. The van der Waals surface area contributed by atoms with Gasteiger partial charge in [0, 0.05) is 30.2 Å². The summed E-state index contributed by atoms with van der Waals surface area (Å²) in [4.78, 5) is 16.3. The van der Waals surface area contributed by atoms with Gasteiger partial charge in [-0.1, -0.05) is 41.9 Å². The maximum absolute atomic E-state index is 11.9. The predicted molar refractivity (Wildman–Crippen MR) is 93.9 cm³/mol. The average molecular weight is 326 g/mol. The van der Waals surface area contributed by atoms with Gasteiger partial charge < -0.3 is 10.6 Å². The Labute approximate surface area is 139 Å². The number of benzene rings is 2. The number of nitrogens with one attached hydrogen (secondary N) is 2. The molecule has 5 heteroatoms. The van der Waals surface area contributed by atoms with Crippen LogP contribution in [0.3, 0.4) is 0 Å². The van der Waals surface area contributed by atoms with Gasteiger partial charge in [0.1, 0.15) is 5.15 Å². The molecule has 4 nitrogen and oxygen atoms in total.